The van der Waals surface area contributed by atoms with Crippen LogP contribution in [0.2, 0.25) is 0 Å². The minimum atomic E-state index is -4.39. The van der Waals surface area contributed by atoms with Crippen molar-refractivity contribution < 1.29 is 18.3 Å². The van der Waals surface area contributed by atoms with E-state index in [-0.39, 0.29) is 11.1 Å². The molecule has 72 valence electrons. The third-order valence-corrected chi connectivity index (χ3v) is 1.81. The van der Waals surface area contributed by atoms with Gasteiger partial charge in [-0.25, -0.2) is 0 Å². The quantitative estimate of drug-likeness (QED) is 0.721. The predicted octanol–water partition coefficient (Wildman–Crippen LogP) is 2.51. The lowest BCUT2D eigenvalue weighted by Crippen LogP contribution is -2.11. The summed E-state index contributed by atoms with van der Waals surface area (Å²) in [6.45, 7) is 0.790. The van der Waals surface area contributed by atoms with Crippen LogP contribution in [0.25, 0.3) is 0 Å². The molecule has 0 bridgehead atoms. The Labute approximate surface area is 73.8 Å². The first-order chi connectivity index (χ1) is 5.96. The zero-order valence-corrected chi connectivity index (χ0v) is 7.02. The highest BCUT2D eigenvalue weighted by molar-refractivity contribution is 5.36. The summed E-state index contributed by atoms with van der Waals surface area (Å²) in [6.07, 6.45) is -4.39. The van der Waals surface area contributed by atoms with Gasteiger partial charge in [0.15, 0.2) is 0 Å². The van der Waals surface area contributed by atoms with Crippen molar-refractivity contribution in [2.45, 2.75) is 19.7 Å². The van der Waals surface area contributed by atoms with Crippen molar-refractivity contribution in [3.05, 3.63) is 34.9 Å². The lowest BCUT2D eigenvalue weighted by Gasteiger charge is -2.13. The Bertz CT molecular complexity index is 304. The molecule has 0 aliphatic carbocycles. The molecule has 0 saturated carbocycles. The van der Waals surface area contributed by atoms with Crippen LogP contribution in [0.3, 0.4) is 0 Å². The van der Waals surface area contributed by atoms with E-state index < -0.39 is 18.3 Å². The number of hydrogen-bond donors (Lipinski definition) is 1. The van der Waals surface area contributed by atoms with Gasteiger partial charge in [0.1, 0.15) is 0 Å². The molecule has 1 nitrogen and oxygen atoms in total. The summed E-state index contributed by atoms with van der Waals surface area (Å²) in [5.74, 6) is 0. The molecule has 1 N–H and O–H groups in total. The highest BCUT2D eigenvalue weighted by Gasteiger charge is 2.34. The molecule has 0 radical (unpaired) electrons. The molecule has 4 heteroatoms. The first kappa shape index (κ1) is 10.1. The summed E-state index contributed by atoms with van der Waals surface area (Å²) in [7, 11) is 0. The number of hydrogen-bond acceptors (Lipinski definition) is 1. The van der Waals surface area contributed by atoms with Gasteiger partial charge in [0.05, 0.1) is 12.2 Å². The highest BCUT2D eigenvalue weighted by Crippen LogP contribution is 2.34. The van der Waals surface area contributed by atoms with Crippen molar-refractivity contribution in [3.8, 4) is 0 Å². The molecular weight excluding hydrogens is 181 g/mol. The molecular formula is C9H9F3O. The van der Waals surface area contributed by atoms with Crippen molar-refractivity contribution in [1.29, 1.82) is 0 Å². The van der Waals surface area contributed by atoms with E-state index in [0.717, 1.165) is 0 Å². The highest BCUT2D eigenvalue weighted by atomic mass is 19.4. The zero-order valence-electron chi connectivity index (χ0n) is 7.02. The number of alkyl halides is 3. The van der Waals surface area contributed by atoms with E-state index in [1.165, 1.54) is 25.1 Å². The lowest BCUT2D eigenvalue weighted by molar-refractivity contribution is -0.139. The average Bonchev–Trinajstić information content (AvgIpc) is 2.01. The van der Waals surface area contributed by atoms with Crippen LogP contribution in [0, 0.1) is 6.92 Å². The number of aliphatic hydroxyl groups is 1. The van der Waals surface area contributed by atoms with Crippen molar-refractivity contribution >= 4 is 0 Å². The molecule has 0 aromatic heterocycles. The van der Waals surface area contributed by atoms with Gasteiger partial charge in [0.25, 0.3) is 0 Å². The molecule has 1 rings (SSSR count). The summed E-state index contributed by atoms with van der Waals surface area (Å²) in [5, 5.41) is 8.71. The fourth-order valence-corrected chi connectivity index (χ4v) is 1.27. The van der Waals surface area contributed by atoms with Crippen LogP contribution in [-0.4, -0.2) is 5.11 Å². The molecule has 0 heterocycles. The van der Waals surface area contributed by atoms with Gasteiger partial charge in [-0.2, -0.15) is 13.2 Å². The predicted molar refractivity (Wildman–Crippen MR) is 42.1 cm³/mol. The molecule has 0 spiro atoms. The summed E-state index contributed by atoms with van der Waals surface area (Å²) < 4.78 is 37.2. The third kappa shape index (κ3) is 2.01. The second kappa shape index (κ2) is 3.38. The Morgan fingerprint density at radius 2 is 1.92 bits per heavy atom. The Kier molecular flexibility index (Phi) is 2.61. The minimum absolute atomic E-state index is 0.0764. The van der Waals surface area contributed by atoms with E-state index in [4.69, 9.17) is 5.11 Å². The second-order valence-corrected chi connectivity index (χ2v) is 2.76. The molecule has 1 aromatic carbocycles. The van der Waals surface area contributed by atoms with E-state index >= 15 is 0 Å². The van der Waals surface area contributed by atoms with Gasteiger partial charge in [-0.15, -0.1) is 0 Å². The van der Waals surface area contributed by atoms with Crippen molar-refractivity contribution in [1.82, 2.24) is 0 Å². The maximum atomic E-state index is 12.4. The third-order valence-electron chi connectivity index (χ3n) is 1.81. The molecule has 0 aliphatic heterocycles. The molecule has 0 atom stereocenters. The van der Waals surface area contributed by atoms with Gasteiger partial charge in [0, 0.05) is 0 Å². The zero-order chi connectivity index (χ0) is 10.1. The van der Waals surface area contributed by atoms with Crippen LogP contribution in [0.5, 0.6) is 0 Å². The van der Waals surface area contributed by atoms with Crippen LogP contribution >= 0.6 is 0 Å². The number of rotatable bonds is 1. The van der Waals surface area contributed by atoms with Gasteiger partial charge in [-0.3, -0.25) is 0 Å². The van der Waals surface area contributed by atoms with E-state index in [2.05, 4.69) is 0 Å². The number of halogens is 3. The number of aliphatic hydroxyl groups excluding tert-OH is 1. The van der Waals surface area contributed by atoms with Crippen molar-refractivity contribution in [3.63, 3.8) is 0 Å². The van der Waals surface area contributed by atoms with E-state index in [1.54, 1.807) is 0 Å². The Morgan fingerprint density at radius 3 is 2.31 bits per heavy atom. The topological polar surface area (TPSA) is 20.2 Å². The van der Waals surface area contributed by atoms with Crippen molar-refractivity contribution in [2.75, 3.05) is 0 Å². The second-order valence-electron chi connectivity index (χ2n) is 2.76. The Morgan fingerprint density at radius 1 is 1.31 bits per heavy atom. The van der Waals surface area contributed by atoms with Gasteiger partial charge >= 0.3 is 6.18 Å². The summed E-state index contributed by atoms with van der Waals surface area (Å²) >= 11 is 0. The fourth-order valence-electron chi connectivity index (χ4n) is 1.27. The van der Waals surface area contributed by atoms with E-state index in [9.17, 15) is 13.2 Å². The van der Waals surface area contributed by atoms with Crippen LogP contribution in [0.15, 0.2) is 18.2 Å². The van der Waals surface area contributed by atoms with Crippen LogP contribution in [0.1, 0.15) is 16.7 Å². The summed E-state index contributed by atoms with van der Waals surface area (Å²) in [6, 6.07) is 4.15. The molecule has 0 aliphatic rings. The average molecular weight is 190 g/mol. The smallest absolute Gasteiger partial charge is 0.392 e. The van der Waals surface area contributed by atoms with Gasteiger partial charge in [0.2, 0.25) is 0 Å². The van der Waals surface area contributed by atoms with Crippen LogP contribution < -0.4 is 0 Å². The number of aryl methyl sites for hydroxylation is 1. The molecule has 13 heavy (non-hydrogen) atoms. The summed E-state index contributed by atoms with van der Waals surface area (Å²) in [4.78, 5) is 0. The van der Waals surface area contributed by atoms with Crippen molar-refractivity contribution in [2.24, 2.45) is 0 Å². The van der Waals surface area contributed by atoms with E-state index in [0.29, 0.717) is 0 Å². The van der Waals surface area contributed by atoms with Gasteiger partial charge in [-0.1, -0.05) is 18.2 Å². The summed E-state index contributed by atoms with van der Waals surface area (Å²) in [5.41, 5.74) is -0.663. The van der Waals surface area contributed by atoms with Gasteiger partial charge in [-0.05, 0) is 18.1 Å². The Hall–Kier alpha value is -1.03. The van der Waals surface area contributed by atoms with E-state index in [1.807, 2.05) is 0 Å². The normalized spacial score (nSPS) is 11.8. The first-order valence-electron chi connectivity index (χ1n) is 3.73. The molecule has 0 fully saturated rings. The molecule has 1 aromatic rings. The minimum Gasteiger partial charge on any atom is -0.392 e. The van der Waals surface area contributed by atoms with Crippen LogP contribution in [-0.2, 0) is 12.8 Å². The van der Waals surface area contributed by atoms with Gasteiger partial charge < -0.3 is 5.11 Å². The van der Waals surface area contributed by atoms with Crippen LogP contribution in [0.4, 0.5) is 13.2 Å². The first-order valence-corrected chi connectivity index (χ1v) is 3.73. The number of benzene rings is 1. The largest absolute Gasteiger partial charge is 0.417 e. The maximum absolute atomic E-state index is 12.4. The Balaban J connectivity index is 3.32. The fraction of sp³-hybridized carbons (Fsp3) is 0.333. The molecule has 0 unspecified atom stereocenters. The monoisotopic (exact) mass is 190 g/mol. The standard InChI is InChI=1S/C9H9F3O/c1-6-3-2-4-7(5-13)8(6)9(10,11)12/h2-4,13H,5H2,1H3. The lowest BCUT2D eigenvalue weighted by atomic mass is 10.0. The molecule has 0 amide bonds. The SMILES string of the molecule is Cc1cccc(CO)c1C(F)(F)F. The molecule has 0 saturated heterocycles. The maximum Gasteiger partial charge on any atom is 0.417 e.